The maximum absolute atomic E-state index is 12.4. The molecule has 3 nitrogen and oxygen atoms in total. The summed E-state index contributed by atoms with van der Waals surface area (Å²) in [6, 6.07) is 8.00. The highest BCUT2D eigenvalue weighted by Crippen LogP contribution is 2.27. The molecule has 1 aromatic carbocycles. The Bertz CT molecular complexity index is 458. The second kappa shape index (κ2) is 8.06. The zero-order chi connectivity index (χ0) is 15.2. The fraction of sp³-hybridized carbons (Fsp3) is 0.562. The molecule has 1 unspecified atom stereocenters. The smallest absolute Gasteiger partial charge is 0.233 e. The van der Waals surface area contributed by atoms with Gasteiger partial charge in [-0.25, -0.2) is 0 Å². The SMILES string of the molecule is CCC(Sc1ccc(Cl)cc1)C(=O)NC1CCN(C)CC1. The molecular formula is C16H23ClN2OS. The Labute approximate surface area is 136 Å². The first kappa shape index (κ1) is 16.7. The van der Waals surface area contributed by atoms with Crippen LogP contribution in [0.1, 0.15) is 26.2 Å². The largest absolute Gasteiger partial charge is 0.352 e. The summed E-state index contributed by atoms with van der Waals surface area (Å²) in [4.78, 5) is 15.8. The normalized spacial score (nSPS) is 18.4. The van der Waals surface area contributed by atoms with E-state index < -0.39 is 0 Å². The van der Waals surface area contributed by atoms with E-state index in [-0.39, 0.29) is 11.2 Å². The third kappa shape index (κ3) is 5.20. The van der Waals surface area contributed by atoms with Gasteiger partial charge < -0.3 is 10.2 Å². The number of rotatable bonds is 5. The zero-order valence-electron chi connectivity index (χ0n) is 12.6. The van der Waals surface area contributed by atoms with Gasteiger partial charge in [0.25, 0.3) is 0 Å². The lowest BCUT2D eigenvalue weighted by atomic mass is 10.1. The number of hydrogen-bond acceptors (Lipinski definition) is 3. The molecule has 116 valence electrons. The van der Waals surface area contributed by atoms with Crippen LogP contribution in [0.2, 0.25) is 5.02 Å². The first-order valence-electron chi connectivity index (χ1n) is 7.49. The lowest BCUT2D eigenvalue weighted by Crippen LogP contribution is -2.46. The van der Waals surface area contributed by atoms with Crippen molar-refractivity contribution in [3.8, 4) is 0 Å². The number of piperidine rings is 1. The van der Waals surface area contributed by atoms with Gasteiger partial charge in [0.05, 0.1) is 5.25 Å². The van der Waals surface area contributed by atoms with E-state index in [4.69, 9.17) is 11.6 Å². The topological polar surface area (TPSA) is 32.3 Å². The number of likely N-dealkylation sites (tertiary alicyclic amines) is 1. The Morgan fingerprint density at radius 3 is 2.57 bits per heavy atom. The van der Waals surface area contributed by atoms with E-state index >= 15 is 0 Å². The first-order chi connectivity index (χ1) is 10.1. The molecule has 1 fully saturated rings. The molecule has 5 heteroatoms. The molecule has 1 aliphatic rings. The first-order valence-corrected chi connectivity index (χ1v) is 8.75. The number of carbonyl (C=O) groups excluding carboxylic acids is 1. The van der Waals surface area contributed by atoms with E-state index in [9.17, 15) is 4.79 Å². The fourth-order valence-electron chi connectivity index (χ4n) is 2.45. The van der Waals surface area contributed by atoms with E-state index in [0.29, 0.717) is 6.04 Å². The molecule has 1 saturated heterocycles. The molecule has 1 N–H and O–H groups in total. The van der Waals surface area contributed by atoms with E-state index in [0.717, 1.165) is 42.3 Å². The number of hydrogen-bond donors (Lipinski definition) is 1. The highest BCUT2D eigenvalue weighted by Gasteiger charge is 2.23. The summed E-state index contributed by atoms with van der Waals surface area (Å²) < 4.78 is 0. The Hall–Kier alpha value is -0.710. The summed E-state index contributed by atoms with van der Waals surface area (Å²) in [5, 5.41) is 3.90. The van der Waals surface area contributed by atoms with Crippen LogP contribution in [0.4, 0.5) is 0 Å². The standard InChI is InChI=1S/C16H23ClN2OS/c1-3-15(21-14-6-4-12(17)5-7-14)16(20)18-13-8-10-19(2)11-9-13/h4-7,13,15H,3,8-11H2,1-2H3,(H,18,20). The summed E-state index contributed by atoms with van der Waals surface area (Å²) >= 11 is 7.51. The van der Waals surface area contributed by atoms with Crippen molar-refractivity contribution in [3.05, 3.63) is 29.3 Å². The molecule has 0 spiro atoms. The van der Waals surface area contributed by atoms with Gasteiger partial charge in [-0.3, -0.25) is 4.79 Å². The molecule has 1 aliphatic heterocycles. The number of nitrogens with one attached hydrogen (secondary N) is 1. The maximum Gasteiger partial charge on any atom is 0.233 e. The third-order valence-electron chi connectivity index (χ3n) is 3.82. The van der Waals surface area contributed by atoms with Gasteiger partial charge in [-0.2, -0.15) is 0 Å². The lowest BCUT2D eigenvalue weighted by Gasteiger charge is -2.30. The van der Waals surface area contributed by atoms with Crippen LogP contribution in [0.3, 0.4) is 0 Å². The molecule has 2 rings (SSSR count). The maximum atomic E-state index is 12.4. The molecule has 1 aromatic rings. The minimum Gasteiger partial charge on any atom is -0.352 e. The number of carbonyl (C=O) groups is 1. The van der Waals surface area contributed by atoms with Crippen molar-refractivity contribution >= 4 is 29.3 Å². The van der Waals surface area contributed by atoms with Crippen molar-refractivity contribution < 1.29 is 4.79 Å². The Balaban J connectivity index is 1.87. The van der Waals surface area contributed by atoms with E-state index in [1.165, 1.54) is 0 Å². The van der Waals surface area contributed by atoms with Gasteiger partial charge >= 0.3 is 0 Å². The van der Waals surface area contributed by atoms with Crippen LogP contribution >= 0.6 is 23.4 Å². The van der Waals surface area contributed by atoms with Crippen LogP contribution in [-0.2, 0) is 4.79 Å². The number of nitrogens with zero attached hydrogens (tertiary/aromatic N) is 1. The van der Waals surface area contributed by atoms with Crippen LogP contribution in [-0.4, -0.2) is 42.2 Å². The fourth-order valence-corrected chi connectivity index (χ4v) is 3.54. The highest BCUT2D eigenvalue weighted by atomic mass is 35.5. The summed E-state index contributed by atoms with van der Waals surface area (Å²) in [6.45, 7) is 4.18. The summed E-state index contributed by atoms with van der Waals surface area (Å²) in [7, 11) is 2.13. The van der Waals surface area contributed by atoms with Crippen LogP contribution in [0.15, 0.2) is 29.2 Å². The van der Waals surface area contributed by atoms with Gasteiger partial charge in [-0.05, 0) is 63.7 Å². The molecule has 1 heterocycles. The number of halogens is 1. The minimum atomic E-state index is -0.0363. The van der Waals surface area contributed by atoms with Crippen LogP contribution in [0, 0.1) is 0 Å². The lowest BCUT2D eigenvalue weighted by molar-refractivity contribution is -0.121. The van der Waals surface area contributed by atoms with Crippen molar-refractivity contribution in [2.45, 2.75) is 42.4 Å². The molecule has 1 amide bonds. The quantitative estimate of drug-likeness (QED) is 0.841. The van der Waals surface area contributed by atoms with Crippen molar-refractivity contribution in [1.29, 1.82) is 0 Å². The summed E-state index contributed by atoms with van der Waals surface area (Å²) in [6.07, 6.45) is 2.92. The molecule has 1 atom stereocenters. The minimum absolute atomic E-state index is 0.0363. The molecule has 0 radical (unpaired) electrons. The van der Waals surface area contributed by atoms with E-state index in [1.54, 1.807) is 11.8 Å². The second-order valence-electron chi connectivity index (χ2n) is 5.55. The Morgan fingerprint density at radius 1 is 1.38 bits per heavy atom. The average Bonchev–Trinajstić information content (AvgIpc) is 2.49. The number of benzene rings is 1. The predicted molar refractivity (Wildman–Crippen MR) is 90.0 cm³/mol. The Morgan fingerprint density at radius 2 is 2.00 bits per heavy atom. The number of thioether (sulfide) groups is 1. The molecule has 21 heavy (non-hydrogen) atoms. The van der Waals surface area contributed by atoms with E-state index in [1.807, 2.05) is 24.3 Å². The van der Waals surface area contributed by atoms with E-state index in [2.05, 4.69) is 24.2 Å². The van der Waals surface area contributed by atoms with Gasteiger partial charge in [0.1, 0.15) is 0 Å². The van der Waals surface area contributed by atoms with Gasteiger partial charge in [-0.1, -0.05) is 18.5 Å². The van der Waals surface area contributed by atoms with Crippen LogP contribution in [0.25, 0.3) is 0 Å². The van der Waals surface area contributed by atoms with Gasteiger partial charge in [0, 0.05) is 16.0 Å². The van der Waals surface area contributed by atoms with Gasteiger partial charge in [0.2, 0.25) is 5.91 Å². The monoisotopic (exact) mass is 326 g/mol. The Kier molecular flexibility index (Phi) is 6.40. The molecular weight excluding hydrogens is 304 g/mol. The number of amides is 1. The average molecular weight is 327 g/mol. The predicted octanol–water partition coefficient (Wildman–Crippen LogP) is 3.42. The van der Waals surface area contributed by atoms with Crippen molar-refractivity contribution in [3.63, 3.8) is 0 Å². The zero-order valence-corrected chi connectivity index (χ0v) is 14.2. The summed E-state index contributed by atoms with van der Waals surface area (Å²) in [5.41, 5.74) is 0. The third-order valence-corrected chi connectivity index (χ3v) is 5.45. The van der Waals surface area contributed by atoms with Crippen molar-refractivity contribution in [2.24, 2.45) is 0 Å². The summed E-state index contributed by atoms with van der Waals surface area (Å²) in [5.74, 6) is 0.159. The molecule has 0 bridgehead atoms. The van der Waals surface area contributed by atoms with Gasteiger partial charge in [-0.15, -0.1) is 11.8 Å². The molecule has 0 aromatic heterocycles. The van der Waals surface area contributed by atoms with Crippen molar-refractivity contribution in [2.75, 3.05) is 20.1 Å². The molecule has 0 saturated carbocycles. The molecule has 0 aliphatic carbocycles. The van der Waals surface area contributed by atoms with Gasteiger partial charge in [0.15, 0.2) is 0 Å². The highest BCUT2D eigenvalue weighted by molar-refractivity contribution is 8.00. The van der Waals surface area contributed by atoms with Crippen molar-refractivity contribution in [1.82, 2.24) is 10.2 Å². The van der Waals surface area contributed by atoms with Crippen LogP contribution < -0.4 is 5.32 Å². The second-order valence-corrected chi connectivity index (χ2v) is 7.27. The van der Waals surface area contributed by atoms with Crippen LogP contribution in [0.5, 0.6) is 0 Å².